The second kappa shape index (κ2) is 10.2. The first-order valence-corrected chi connectivity index (χ1v) is 8.08. The zero-order chi connectivity index (χ0) is 19.7. The predicted molar refractivity (Wildman–Crippen MR) is 103 cm³/mol. The zero-order valence-corrected chi connectivity index (χ0v) is 15.8. The largest absolute Gasteiger partial charge is 0.496 e. The Morgan fingerprint density at radius 1 is 1.27 bits per heavy atom. The molecule has 1 heterocycles. The van der Waals surface area contributed by atoms with Gasteiger partial charge in [-0.05, 0) is 25.2 Å². The van der Waals surface area contributed by atoms with Gasteiger partial charge in [0, 0.05) is 18.2 Å². The fourth-order valence-corrected chi connectivity index (χ4v) is 2.54. The van der Waals surface area contributed by atoms with Crippen molar-refractivity contribution >= 4 is 35.3 Å². The van der Waals surface area contributed by atoms with Gasteiger partial charge in [-0.3, -0.25) is 4.79 Å². The molecular formula is C18H22N2O5S. The maximum Gasteiger partial charge on any atom is 0.337 e. The molecule has 3 N–H and O–H groups in total. The molecule has 1 aromatic rings. The van der Waals surface area contributed by atoms with Crippen LogP contribution in [0.2, 0.25) is 0 Å². The topological polar surface area (TPSA) is 96.9 Å². The molecule has 0 spiro atoms. The van der Waals surface area contributed by atoms with Crippen molar-refractivity contribution < 1.29 is 24.2 Å². The van der Waals surface area contributed by atoms with Crippen LogP contribution < -0.4 is 15.4 Å². The van der Waals surface area contributed by atoms with Gasteiger partial charge in [0.1, 0.15) is 5.75 Å². The number of esters is 1. The maximum atomic E-state index is 12.0. The Morgan fingerprint density at radius 3 is 2.46 bits per heavy atom. The van der Waals surface area contributed by atoms with Crippen molar-refractivity contribution in [2.75, 3.05) is 14.2 Å². The van der Waals surface area contributed by atoms with E-state index in [0.29, 0.717) is 16.4 Å². The smallest absolute Gasteiger partial charge is 0.337 e. The number of allylic oxidation sites excluding steroid dienone is 1. The number of hydrogen-bond acceptors (Lipinski definition) is 5. The Kier molecular flexibility index (Phi) is 8.30. The third kappa shape index (κ3) is 6.21. The molecule has 1 aliphatic rings. The summed E-state index contributed by atoms with van der Waals surface area (Å²) >= 11 is 5.15. The van der Waals surface area contributed by atoms with Crippen molar-refractivity contribution in [1.82, 2.24) is 10.6 Å². The number of hydrogen-bond donors (Lipinski definition) is 3. The molecule has 0 bridgehead atoms. The summed E-state index contributed by atoms with van der Waals surface area (Å²) in [6, 6.07) is 7.28. The van der Waals surface area contributed by atoms with Crippen LogP contribution in [0, 0.1) is 0 Å². The van der Waals surface area contributed by atoms with Crippen LogP contribution in [0.4, 0.5) is 0 Å². The van der Waals surface area contributed by atoms with E-state index in [1.165, 1.54) is 7.11 Å². The molecule has 2 rings (SSSR count). The number of nitrogens with one attached hydrogen (secondary N) is 2. The van der Waals surface area contributed by atoms with Crippen molar-refractivity contribution in [2.24, 2.45) is 0 Å². The van der Waals surface area contributed by atoms with Gasteiger partial charge >= 0.3 is 5.97 Å². The molecule has 26 heavy (non-hydrogen) atoms. The van der Waals surface area contributed by atoms with Crippen LogP contribution >= 0.6 is 12.2 Å². The first-order valence-electron chi connectivity index (χ1n) is 7.67. The van der Waals surface area contributed by atoms with Crippen LogP contribution in [0.5, 0.6) is 5.75 Å². The van der Waals surface area contributed by atoms with Gasteiger partial charge in [0.25, 0.3) is 5.97 Å². The van der Waals surface area contributed by atoms with Crippen molar-refractivity contribution in [1.29, 1.82) is 0 Å². The lowest BCUT2D eigenvalue weighted by Gasteiger charge is -2.27. The van der Waals surface area contributed by atoms with E-state index in [-0.39, 0.29) is 6.04 Å². The molecule has 0 aliphatic carbocycles. The molecule has 0 saturated carbocycles. The molecule has 0 amide bonds. The fraction of sp³-hybridized carbons (Fsp3) is 0.278. The predicted octanol–water partition coefficient (Wildman–Crippen LogP) is 2.09. The molecule has 0 saturated heterocycles. The van der Waals surface area contributed by atoms with Gasteiger partial charge in [-0.15, -0.1) is 0 Å². The van der Waals surface area contributed by atoms with Crippen LogP contribution in [0.3, 0.4) is 0 Å². The summed E-state index contributed by atoms with van der Waals surface area (Å²) < 4.78 is 10.2. The van der Waals surface area contributed by atoms with E-state index in [0.717, 1.165) is 18.2 Å². The zero-order valence-electron chi connectivity index (χ0n) is 15.0. The number of carbonyl (C=O) groups excluding carboxylic acids is 1. The third-order valence-electron chi connectivity index (χ3n) is 3.32. The maximum absolute atomic E-state index is 12.0. The van der Waals surface area contributed by atoms with E-state index >= 15 is 0 Å². The number of rotatable bonds is 4. The van der Waals surface area contributed by atoms with Gasteiger partial charge in [0.05, 0.1) is 25.8 Å². The lowest BCUT2D eigenvalue weighted by molar-refractivity contribution is -0.136. The number of benzene rings is 1. The Morgan fingerprint density at radius 2 is 1.88 bits per heavy atom. The molecule has 1 unspecified atom stereocenters. The fourth-order valence-electron chi connectivity index (χ4n) is 2.26. The minimum absolute atomic E-state index is 0.355. The van der Waals surface area contributed by atoms with Crippen LogP contribution in [-0.2, 0) is 14.3 Å². The monoisotopic (exact) mass is 378 g/mol. The SMILES string of the molecule is CC(=O)O.COC(=O)C1=C(C)NC(=S)NC1C=Cc1ccccc1OC. The number of thiocarbonyl (C=S) groups is 1. The normalized spacial score (nSPS) is 16.2. The van der Waals surface area contributed by atoms with Gasteiger partial charge < -0.3 is 25.2 Å². The lowest BCUT2D eigenvalue weighted by Crippen LogP contribution is -2.48. The molecule has 7 nitrogen and oxygen atoms in total. The summed E-state index contributed by atoms with van der Waals surface area (Å²) in [6.07, 6.45) is 3.75. The van der Waals surface area contributed by atoms with E-state index < -0.39 is 11.9 Å². The van der Waals surface area contributed by atoms with Gasteiger partial charge in [0.2, 0.25) is 0 Å². The van der Waals surface area contributed by atoms with Crippen molar-refractivity contribution in [3.05, 3.63) is 47.2 Å². The molecular weight excluding hydrogens is 356 g/mol. The number of aliphatic carboxylic acids is 1. The highest BCUT2D eigenvalue weighted by Gasteiger charge is 2.27. The minimum atomic E-state index is -0.833. The Hall–Kier alpha value is -2.87. The molecule has 140 valence electrons. The summed E-state index contributed by atoms with van der Waals surface area (Å²) in [4.78, 5) is 21.0. The molecule has 0 aromatic heterocycles. The number of methoxy groups -OCH3 is 2. The number of carbonyl (C=O) groups is 2. The highest BCUT2D eigenvalue weighted by Crippen LogP contribution is 2.21. The quantitative estimate of drug-likeness (QED) is 0.541. The average molecular weight is 378 g/mol. The van der Waals surface area contributed by atoms with Crippen molar-refractivity contribution in [3.63, 3.8) is 0 Å². The Bertz CT molecular complexity index is 739. The molecule has 1 aromatic carbocycles. The summed E-state index contributed by atoms with van der Waals surface area (Å²) in [7, 11) is 2.98. The van der Waals surface area contributed by atoms with Gasteiger partial charge in [0.15, 0.2) is 5.11 Å². The Labute approximate surface area is 157 Å². The molecule has 1 atom stereocenters. The van der Waals surface area contributed by atoms with Crippen LogP contribution in [0.1, 0.15) is 19.4 Å². The second-order valence-electron chi connectivity index (χ2n) is 5.23. The minimum Gasteiger partial charge on any atom is -0.496 e. The summed E-state index contributed by atoms with van der Waals surface area (Å²) in [5.74, 6) is -0.467. The van der Waals surface area contributed by atoms with E-state index in [9.17, 15) is 4.79 Å². The van der Waals surface area contributed by atoms with Gasteiger partial charge in [-0.2, -0.15) is 0 Å². The lowest BCUT2D eigenvalue weighted by atomic mass is 10.0. The summed E-state index contributed by atoms with van der Waals surface area (Å²) in [5, 5.41) is 13.9. The average Bonchev–Trinajstić information content (AvgIpc) is 2.58. The molecule has 8 heteroatoms. The first kappa shape index (κ1) is 21.2. The Balaban J connectivity index is 0.000000765. The van der Waals surface area contributed by atoms with E-state index in [1.54, 1.807) is 14.0 Å². The molecule has 0 fully saturated rings. The summed E-state index contributed by atoms with van der Waals surface area (Å²) in [5.41, 5.74) is 2.10. The van der Waals surface area contributed by atoms with Crippen molar-refractivity contribution in [3.8, 4) is 5.75 Å². The van der Waals surface area contributed by atoms with E-state index in [1.807, 2.05) is 36.4 Å². The number of carboxylic acids is 1. The van der Waals surface area contributed by atoms with Gasteiger partial charge in [-0.1, -0.05) is 30.4 Å². The number of para-hydroxylation sites is 1. The van der Waals surface area contributed by atoms with Crippen LogP contribution in [0.25, 0.3) is 6.08 Å². The highest BCUT2D eigenvalue weighted by atomic mass is 32.1. The van der Waals surface area contributed by atoms with Crippen molar-refractivity contribution in [2.45, 2.75) is 19.9 Å². The first-order chi connectivity index (χ1) is 12.3. The van der Waals surface area contributed by atoms with E-state index in [2.05, 4.69) is 10.6 Å². The number of ether oxygens (including phenoxy) is 2. The van der Waals surface area contributed by atoms with Crippen LogP contribution in [-0.4, -0.2) is 42.4 Å². The number of carboxylic acid groups (broad SMARTS) is 1. The van der Waals surface area contributed by atoms with Gasteiger partial charge in [-0.25, -0.2) is 4.79 Å². The standard InChI is InChI=1S/C16H18N2O3S.C2H4O2/c1-10-14(15(19)21-3)12(18-16(22)17-10)9-8-11-6-4-5-7-13(11)20-2;1-2(3)4/h4-9,12H,1-3H3,(H2,17,18,22);1H3,(H,3,4). The molecule has 1 aliphatic heterocycles. The van der Waals surface area contributed by atoms with Crippen LogP contribution in [0.15, 0.2) is 41.6 Å². The third-order valence-corrected chi connectivity index (χ3v) is 3.54. The second-order valence-corrected chi connectivity index (χ2v) is 5.63. The summed E-state index contributed by atoms with van der Waals surface area (Å²) in [6.45, 7) is 2.88. The highest BCUT2D eigenvalue weighted by molar-refractivity contribution is 7.80. The van der Waals surface area contributed by atoms with E-state index in [4.69, 9.17) is 31.6 Å². The molecule has 0 radical (unpaired) electrons.